The molecule has 49 heavy (non-hydrogen) atoms. The molecule has 3 N–H and O–H groups in total. The lowest BCUT2D eigenvalue weighted by molar-refractivity contribution is -0.151. The van der Waals surface area contributed by atoms with E-state index in [1.165, 1.54) is 19.2 Å². The zero-order valence-corrected chi connectivity index (χ0v) is 28.3. The molecule has 1 aliphatic carbocycles. The third-order valence-corrected chi connectivity index (χ3v) is 7.37. The minimum atomic E-state index is -1.03. The Bertz CT molecular complexity index is 1890. The van der Waals surface area contributed by atoms with Gasteiger partial charge in [-0.3, -0.25) is 9.59 Å². The highest BCUT2D eigenvalue weighted by molar-refractivity contribution is 6.10. The van der Waals surface area contributed by atoms with Crippen LogP contribution in [0.4, 0.5) is 8.96 Å². The molecule has 0 aliphatic heterocycles. The van der Waals surface area contributed by atoms with E-state index < -0.39 is 29.3 Å². The van der Waals surface area contributed by atoms with Crippen LogP contribution in [0.5, 0.6) is 5.75 Å². The molecular formula is C37H40F2N4O6. The third-order valence-electron chi connectivity index (χ3n) is 7.37. The first kappa shape index (κ1) is 36.5. The first-order valence-corrected chi connectivity index (χ1v) is 15.9. The number of hydrogen-bond donors (Lipinski definition) is 3. The molecule has 2 aromatic carbocycles. The number of carboxylic acids is 1. The zero-order chi connectivity index (χ0) is 35.9. The number of nitrogens with zero attached hydrogens (tertiary/aromatic N) is 2. The molecule has 0 saturated carbocycles. The second-order valence-electron chi connectivity index (χ2n) is 12.0. The number of allylic oxidation sites excluding steroid dienone is 2. The predicted octanol–water partition coefficient (Wildman–Crippen LogP) is 7.51. The summed E-state index contributed by atoms with van der Waals surface area (Å²) in [5.41, 5.74) is 2.36. The summed E-state index contributed by atoms with van der Waals surface area (Å²) >= 11 is 0. The van der Waals surface area contributed by atoms with Crippen molar-refractivity contribution in [2.45, 2.75) is 59.1 Å². The number of furan rings is 1. The first-order chi connectivity index (χ1) is 23.3. The quantitative estimate of drug-likeness (QED) is 0.147. The van der Waals surface area contributed by atoms with Crippen molar-refractivity contribution in [2.75, 3.05) is 13.6 Å². The average molecular weight is 675 g/mol. The molecular weight excluding hydrogens is 634 g/mol. The normalized spacial score (nSPS) is 14.1. The van der Waals surface area contributed by atoms with Gasteiger partial charge in [0.15, 0.2) is 0 Å². The topological polar surface area (TPSA) is 134 Å². The lowest BCUT2D eigenvalue weighted by Crippen LogP contribution is -2.40. The maximum absolute atomic E-state index is 13.3. The number of aromatic nitrogens is 1. The molecule has 2 aromatic heterocycles. The van der Waals surface area contributed by atoms with Crippen molar-refractivity contribution >= 4 is 34.5 Å². The number of ether oxygens (including phenoxy) is 1. The van der Waals surface area contributed by atoms with Crippen LogP contribution in [-0.4, -0.2) is 58.5 Å². The molecule has 10 nitrogen and oxygen atoms in total. The summed E-state index contributed by atoms with van der Waals surface area (Å²) in [5, 5.41) is 14.1. The number of nitrogens with one attached hydrogen (secondary N) is 2. The molecule has 2 heterocycles. The fraction of sp³-hybridized carbons (Fsp3) is 0.297. The second kappa shape index (κ2) is 15.7. The van der Waals surface area contributed by atoms with E-state index in [0.29, 0.717) is 45.5 Å². The summed E-state index contributed by atoms with van der Waals surface area (Å²) in [6.07, 6.45) is 5.35. The Balaban J connectivity index is 0.00000265. The summed E-state index contributed by atoms with van der Waals surface area (Å²) < 4.78 is 38.5. The fourth-order valence-corrected chi connectivity index (χ4v) is 5.19. The van der Waals surface area contributed by atoms with E-state index in [9.17, 15) is 23.3 Å². The molecule has 0 fully saturated rings. The standard InChI is InChI=1S/C35H34F2N4O6.C2H6/c1-35(2,3)40-31(42)23-7-5-6-22(18-23)26-19-27-29(32(43)38-4)30(47-33(27)39-28(26)16-17-41(36)37)20-8-12-24(13-9-20)46-25-14-10-21(11-15-25)34(44)45;1-2/h5-12,14-15,18-19,24H,13,16-17H2,1-4H3,(H,38,43)(H,40,42)(H,44,45);1-2H3. The fourth-order valence-electron chi connectivity index (χ4n) is 5.19. The highest BCUT2D eigenvalue weighted by Gasteiger charge is 2.27. The van der Waals surface area contributed by atoms with Crippen molar-refractivity contribution in [1.29, 1.82) is 0 Å². The number of fused-ring (bicyclic) bond motifs is 1. The lowest BCUT2D eigenvalue weighted by Gasteiger charge is -2.20. The second-order valence-corrected chi connectivity index (χ2v) is 12.0. The van der Waals surface area contributed by atoms with E-state index in [4.69, 9.17) is 14.3 Å². The van der Waals surface area contributed by atoms with Crippen LogP contribution in [0.3, 0.4) is 0 Å². The first-order valence-electron chi connectivity index (χ1n) is 15.9. The van der Waals surface area contributed by atoms with E-state index in [1.807, 2.05) is 40.7 Å². The highest BCUT2D eigenvalue weighted by Crippen LogP contribution is 2.37. The molecule has 5 rings (SSSR count). The molecule has 1 atom stereocenters. The van der Waals surface area contributed by atoms with Gasteiger partial charge in [0, 0.05) is 47.5 Å². The Morgan fingerprint density at radius 1 is 1.04 bits per heavy atom. The highest BCUT2D eigenvalue weighted by atomic mass is 19.4. The van der Waals surface area contributed by atoms with Crippen LogP contribution in [0.1, 0.15) is 83.6 Å². The molecule has 0 bridgehead atoms. The van der Waals surface area contributed by atoms with Crippen molar-refractivity contribution < 1.29 is 37.6 Å². The molecule has 1 unspecified atom stereocenters. The minimum Gasteiger partial charge on any atom is -0.486 e. The molecule has 12 heteroatoms. The zero-order valence-electron chi connectivity index (χ0n) is 28.3. The van der Waals surface area contributed by atoms with Crippen LogP contribution in [0, 0.1) is 0 Å². The van der Waals surface area contributed by atoms with E-state index in [1.54, 1.807) is 54.6 Å². The summed E-state index contributed by atoms with van der Waals surface area (Å²) in [4.78, 5) is 42.0. The summed E-state index contributed by atoms with van der Waals surface area (Å²) in [6.45, 7) is 9.01. The molecule has 0 radical (unpaired) electrons. The number of carbonyl (C=O) groups excluding carboxylic acids is 2. The monoisotopic (exact) mass is 674 g/mol. The Labute approximate surface area is 283 Å². The Morgan fingerprint density at radius 3 is 2.35 bits per heavy atom. The third kappa shape index (κ3) is 8.96. The minimum absolute atomic E-state index is 0.106. The van der Waals surface area contributed by atoms with Crippen LogP contribution in [-0.2, 0) is 6.42 Å². The number of amides is 2. The van der Waals surface area contributed by atoms with Gasteiger partial charge in [-0.2, -0.15) is 0 Å². The van der Waals surface area contributed by atoms with E-state index in [-0.39, 0.29) is 41.0 Å². The largest absolute Gasteiger partial charge is 0.486 e. The van der Waals surface area contributed by atoms with Crippen LogP contribution in [0.15, 0.2) is 77.2 Å². The molecule has 0 saturated heterocycles. The predicted molar refractivity (Wildman–Crippen MR) is 184 cm³/mol. The summed E-state index contributed by atoms with van der Waals surface area (Å²) in [5.74, 6) is -0.993. The van der Waals surface area contributed by atoms with Gasteiger partial charge < -0.3 is 24.9 Å². The SMILES string of the molecule is CC.CNC(=O)c1c(C2=CCC(Oc3ccc(C(=O)O)cc3)C=C2)oc2nc(CCN(F)F)c(-c3cccc(C(=O)NC(C)(C)C)c3)cc12. The van der Waals surface area contributed by atoms with Gasteiger partial charge in [0.05, 0.1) is 28.8 Å². The number of halogens is 2. The smallest absolute Gasteiger partial charge is 0.335 e. The number of carbonyl (C=O) groups is 3. The van der Waals surface area contributed by atoms with Crippen LogP contribution in [0.25, 0.3) is 27.8 Å². The Morgan fingerprint density at radius 2 is 1.76 bits per heavy atom. The van der Waals surface area contributed by atoms with Crippen molar-refractivity contribution in [3.63, 3.8) is 0 Å². The Hall–Kier alpha value is -5.36. The molecule has 258 valence electrons. The maximum Gasteiger partial charge on any atom is 0.335 e. The van der Waals surface area contributed by atoms with Gasteiger partial charge in [0.2, 0.25) is 5.71 Å². The van der Waals surface area contributed by atoms with E-state index in [0.717, 1.165) is 0 Å². The number of benzene rings is 2. The van der Waals surface area contributed by atoms with E-state index >= 15 is 0 Å². The number of hydrogen-bond acceptors (Lipinski definition) is 7. The van der Waals surface area contributed by atoms with Gasteiger partial charge in [-0.1, -0.05) is 38.1 Å². The molecule has 4 aromatic rings. The lowest BCUT2D eigenvalue weighted by atomic mass is 9.96. The van der Waals surface area contributed by atoms with Gasteiger partial charge in [-0.25, -0.2) is 9.78 Å². The molecule has 1 aliphatic rings. The van der Waals surface area contributed by atoms with Crippen LogP contribution >= 0.6 is 0 Å². The Kier molecular flexibility index (Phi) is 11.7. The number of pyridine rings is 1. The van der Waals surface area contributed by atoms with Crippen molar-refractivity contribution in [2.24, 2.45) is 0 Å². The van der Waals surface area contributed by atoms with Gasteiger partial charge >= 0.3 is 5.97 Å². The van der Waals surface area contributed by atoms with Crippen molar-refractivity contribution in [3.8, 4) is 16.9 Å². The maximum atomic E-state index is 13.3. The van der Waals surface area contributed by atoms with Crippen LogP contribution < -0.4 is 15.4 Å². The van der Waals surface area contributed by atoms with E-state index in [2.05, 4.69) is 15.6 Å². The van der Waals surface area contributed by atoms with Gasteiger partial charge in [-0.15, -0.1) is 8.96 Å². The molecule has 2 amide bonds. The van der Waals surface area contributed by atoms with Crippen molar-refractivity contribution in [3.05, 3.63) is 101 Å². The molecule has 0 spiro atoms. The summed E-state index contributed by atoms with van der Waals surface area (Å²) in [6, 6.07) is 14.6. The van der Waals surface area contributed by atoms with Crippen molar-refractivity contribution in [1.82, 2.24) is 21.0 Å². The van der Waals surface area contributed by atoms with Gasteiger partial charge in [0.1, 0.15) is 17.6 Å². The number of aromatic carboxylic acids is 1. The van der Waals surface area contributed by atoms with Gasteiger partial charge in [0.25, 0.3) is 11.8 Å². The van der Waals surface area contributed by atoms with Crippen LogP contribution in [0.2, 0.25) is 0 Å². The summed E-state index contributed by atoms with van der Waals surface area (Å²) in [7, 11) is 1.49. The average Bonchev–Trinajstić information content (AvgIpc) is 3.45. The number of carboxylic acid groups (broad SMARTS) is 1. The van der Waals surface area contributed by atoms with Gasteiger partial charge in [-0.05, 0) is 74.9 Å². The number of rotatable bonds is 10.